The van der Waals surface area contributed by atoms with E-state index in [9.17, 15) is 14.7 Å². The Bertz CT molecular complexity index is 1110. The van der Waals surface area contributed by atoms with Crippen LogP contribution in [0, 0.1) is 0 Å². The van der Waals surface area contributed by atoms with Crippen molar-refractivity contribution in [3.63, 3.8) is 0 Å². The molecule has 2 aromatic carbocycles. The van der Waals surface area contributed by atoms with Crippen molar-refractivity contribution in [2.75, 3.05) is 13.7 Å². The van der Waals surface area contributed by atoms with Gasteiger partial charge >= 0.3 is 0 Å². The van der Waals surface area contributed by atoms with Crippen molar-refractivity contribution in [1.29, 1.82) is 0 Å². The Hall–Kier alpha value is -3.08. The fraction of sp³-hybridized carbons (Fsp3) is 0.467. The predicted molar refractivity (Wildman–Crippen MR) is 141 cm³/mol. The molecule has 1 unspecified atom stereocenters. The summed E-state index contributed by atoms with van der Waals surface area (Å²) in [6.07, 6.45) is 2.77. The molecule has 0 aliphatic carbocycles. The van der Waals surface area contributed by atoms with Gasteiger partial charge in [-0.2, -0.15) is 0 Å². The van der Waals surface area contributed by atoms with Crippen molar-refractivity contribution in [3.05, 3.63) is 70.3 Å². The van der Waals surface area contributed by atoms with Crippen molar-refractivity contribution in [2.24, 2.45) is 0 Å². The first-order chi connectivity index (χ1) is 16.5. The highest BCUT2D eigenvalue weighted by molar-refractivity contribution is 6.46. The van der Waals surface area contributed by atoms with Gasteiger partial charge in [0.15, 0.2) is 0 Å². The summed E-state index contributed by atoms with van der Waals surface area (Å²) in [5, 5.41) is 11.6. The average Bonchev–Trinajstić information content (AvgIpc) is 3.07. The topological polar surface area (TPSA) is 66.8 Å². The van der Waals surface area contributed by atoms with Gasteiger partial charge in [0.2, 0.25) is 0 Å². The number of aliphatic hydroxyl groups excluding tert-OH is 1. The molecule has 0 radical (unpaired) electrons. The van der Waals surface area contributed by atoms with E-state index in [1.54, 1.807) is 11.0 Å². The minimum Gasteiger partial charge on any atom is -0.507 e. The smallest absolute Gasteiger partial charge is 0.295 e. The molecule has 5 heteroatoms. The maximum absolute atomic E-state index is 13.4. The van der Waals surface area contributed by atoms with Gasteiger partial charge in [0, 0.05) is 6.54 Å². The van der Waals surface area contributed by atoms with Crippen LogP contribution < -0.4 is 4.74 Å². The number of ether oxygens (including phenoxy) is 1. The number of hydrogen-bond acceptors (Lipinski definition) is 4. The third-order valence-corrected chi connectivity index (χ3v) is 6.78. The Balaban J connectivity index is 2.21. The molecule has 1 aliphatic heterocycles. The molecular formula is C30H39NO4. The minimum absolute atomic E-state index is 0.119. The van der Waals surface area contributed by atoms with Gasteiger partial charge in [0.05, 0.1) is 24.3 Å². The lowest BCUT2D eigenvalue weighted by Crippen LogP contribution is -2.30. The molecule has 0 spiro atoms. The SMILES string of the molecule is CCCCCN1C(=O)C(=O)/C(=C(/O)c2cc(C(C)(C)C)ccc2OC)C1c1ccc(C(C)C)cc1. The first-order valence-corrected chi connectivity index (χ1v) is 12.6. The van der Waals surface area contributed by atoms with Crippen molar-refractivity contribution in [2.45, 2.75) is 78.2 Å². The van der Waals surface area contributed by atoms with E-state index in [1.807, 2.05) is 36.4 Å². The summed E-state index contributed by atoms with van der Waals surface area (Å²) >= 11 is 0. The number of benzene rings is 2. The highest BCUT2D eigenvalue weighted by Crippen LogP contribution is 2.42. The average molecular weight is 478 g/mol. The number of likely N-dealkylation sites (tertiary alicyclic amines) is 1. The molecule has 1 amide bonds. The van der Waals surface area contributed by atoms with Crippen LogP contribution in [0.25, 0.3) is 5.76 Å². The van der Waals surface area contributed by atoms with Crippen LogP contribution in [0.4, 0.5) is 0 Å². The molecule has 1 N–H and O–H groups in total. The lowest BCUT2D eigenvalue weighted by atomic mass is 9.85. The molecule has 35 heavy (non-hydrogen) atoms. The van der Waals surface area contributed by atoms with Crippen molar-refractivity contribution >= 4 is 17.4 Å². The number of unbranched alkanes of at least 4 members (excludes halogenated alkanes) is 2. The summed E-state index contributed by atoms with van der Waals surface area (Å²) in [5.41, 5.74) is 3.37. The van der Waals surface area contributed by atoms with Crippen LogP contribution in [-0.2, 0) is 15.0 Å². The fourth-order valence-corrected chi connectivity index (χ4v) is 4.56. The molecule has 188 valence electrons. The minimum atomic E-state index is -0.653. The zero-order valence-electron chi connectivity index (χ0n) is 22.1. The number of carbonyl (C=O) groups excluding carboxylic acids is 2. The second-order valence-corrected chi connectivity index (χ2v) is 10.7. The van der Waals surface area contributed by atoms with Gasteiger partial charge < -0.3 is 14.7 Å². The standard InChI is InChI=1S/C30H39NO4/c1-8-9-10-17-31-26(21-13-11-20(12-14-21)19(2)3)25(28(33)29(31)34)27(32)23-18-22(30(4,5)6)15-16-24(23)35-7/h11-16,18-19,26,32H,8-10,17H2,1-7H3/b27-25+. The third-order valence-electron chi connectivity index (χ3n) is 6.78. The predicted octanol–water partition coefficient (Wildman–Crippen LogP) is 6.73. The largest absolute Gasteiger partial charge is 0.507 e. The van der Waals surface area contributed by atoms with E-state index in [0.717, 1.165) is 30.4 Å². The molecular weight excluding hydrogens is 438 g/mol. The highest BCUT2D eigenvalue weighted by atomic mass is 16.5. The molecule has 0 saturated carbocycles. The number of hydrogen-bond donors (Lipinski definition) is 1. The van der Waals surface area contributed by atoms with Gasteiger partial charge in [0.1, 0.15) is 11.5 Å². The summed E-state index contributed by atoms with van der Waals surface area (Å²) in [5.74, 6) is -0.583. The normalized spacial score (nSPS) is 17.9. The van der Waals surface area contributed by atoms with Gasteiger partial charge in [0.25, 0.3) is 11.7 Å². The Labute approximate surface area is 209 Å². The molecule has 2 aromatic rings. The number of amides is 1. The number of methoxy groups -OCH3 is 1. The van der Waals surface area contributed by atoms with E-state index in [2.05, 4.69) is 41.5 Å². The zero-order valence-corrected chi connectivity index (χ0v) is 22.1. The van der Waals surface area contributed by atoms with E-state index in [0.29, 0.717) is 23.8 Å². The number of ketones is 1. The summed E-state index contributed by atoms with van der Waals surface area (Å²) in [4.78, 5) is 28.2. The van der Waals surface area contributed by atoms with Crippen LogP contribution in [0.1, 0.15) is 95.0 Å². The monoisotopic (exact) mass is 477 g/mol. The van der Waals surface area contributed by atoms with Crippen molar-refractivity contribution < 1.29 is 19.4 Å². The molecule has 1 fully saturated rings. The molecule has 1 aliphatic rings. The molecule has 0 bridgehead atoms. The molecule has 1 saturated heterocycles. The van der Waals surface area contributed by atoms with Gasteiger partial charge in [-0.1, -0.05) is 84.7 Å². The fourth-order valence-electron chi connectivity index (χ4n) is 4.56. The molecule has 1 atom stereocenters. The number of carbonyl (C=O) groups is 2. The van der Waals surface area contributed by atoms with Gasteiger partial charge in [-0.3, -0.25) is 9.59 Å². The Morgan fingerprint density at radius 3 is 2.26 bits per heavy atom. The Morgan fingerprint density at radius 1 is 1.06 bits per heavy atom. The third kappa shape index (κ3) is 5.44. The van der Waals surface area contributed by atoms with Crippen LogP contribution >= 0.6 is 0 Å². The van der Waals surface area contributed by atoms with E-state index >= 15 is 0 Å². The van der Waals surface area contributed by atoms with E-state index in [-0.39, 0.29) is 16.7 Å². The van der Waals surface area contributed by atoms with Gasteiger partial charge in [-0.25, -0.2) is 0 Å². The molecule has 3 rings (SSSR count). The molecule has 0 aromatic heterocycles. The second-order valence-electron chi connectivity index (χ2n) is 10.7. The van der Waals surface area contributed by atoms with Crippen LogP contribution in [0.15, 0.2) is 48.0 Å². The number of Topliss-reactive ketones (excluding diaryl/α,β-unsaturated/α-hetero) is 1. The summed E-state index contributed by atoms with van der Waals surface area (Å²) in [6.45, 7) is 13.1. The van der Waals surface area contributed by atoms with Crippen LogP contribution in [-0.4, -0.2) is 35.4 Å². The Morgan fingerprint density at radius 2 is 1.71 bits per heavy atom. The van der Waals surface area contributed by atoms with E-state index in [1.165, 1.54) is 12.7 Å². The van der Waals surface area contributed by atoms with Crippen molar-refractivity contribution in [1.82, 2.24) is 4.90 Å². The van der Waals surface area contributed by atoms with Crippen molar-refractivity contribution in [3.8, 4) is 5.75 Å². The second kappa shape index (κ2) is 10.7. The number of rotatable bonds is 8. The lowest BCUT2D eigenvalue weighted by molar-refractivity contribution is -0.139. The molecule has 5 nitrogen and oxygen atoms in total. The van der Waals surface area contributed by atoms with Gasteiger partial charge in [-0.05, 0) is 46.6 Å². The van der Waals surface area contributed by atoms with E-state index in [4.69, 9.17) is 4.74 Å². The quantitative estimate of drug-likeness (QED) is 0.198. The number of aliphatic hydroxyl groups is 1. The summed E-state index contributed by atoms with van der Waals surface area (Å²) in [7, 11) is 1.54. The van der Waals surface area contributed by atoms with Crippen LogP contribution in [0.2, 0.25) is 0 Å². The molecule has 1 heterocycles. The summed E-state index contributed by atoms with van der Waals surface area (Å²) < 4.78 is 5.54. The highest BCUT2D eigenvalue weighted by Gasteiger charge is 2.46. The van der Waals surface area contributed by atoms with Gasteiger partial charge in [-0.15, -0.1) is 0 Å². The first-order valence-electron chi connectivity index (χ1n) is 12.6. The first kappa shape index (κ1) is 26.5. The van der Waals surface area contributed by atoms with E-state index < -0.39 is 17.7 Å². The maximum Gasteiger partial charge on any atom is 0.295 e. The summed E-state index contributed by atoms with van der Waals surface area (Å²) in [6, 6.07) is 13.0. The van der Waals surface area contributed by atoms with Crippen LogP contribution in [0.3, 0.4) is 0 Å². The lowest BCUT2D eigenvalue weighted by Gasteiger charge is -2.26. The Kier molecular flexibility index (Phi) is 8.09. The number of nitrogens with zero attached hydrogens (tertiary/aromatic N) is 1. The maximum atomic E-state index is 13.4. The van der Waals surface area contributed by atoms with Crippen LogP contribution in [0.5, 0.6) is 5.75 Å². The zero-order chi connectivity index (χ0) is 25.9.